The third-order valence-electron chi connectivity index (χ3n) is 3.20. The van der Waals surface area contributed by atoms with Gasteiger partial charge in [0.15, 0.2) is 5.17 Å². The topological polar surface area (TPSA) is 24.4 Å². The molecule has 0 aromatic rings. The Hall–Kier alpha value is -0.180. The van der Waals surface area contributed by atoms with E-state index in [1.807, 2.05) is 11.8 Å². The molecule has 2 aliphatic rings. The van der Waals surface area contributed by atoms with Crippen LogP contribution >= 0.6 is 11.8 Å². The number of hydrogen-bond acceptors (Lipinski definition) is 3. The molecular weight excluding hydrogens is 204 g/mol. The molecule has 2 rings (SSSR count). The fourth-order valence-electron chi connectivity index (χ4n) is 1.93. The number of aliphatic imine (C=N–C) groups is 1. The van der Waals surface area contributed by atoms with Crippen molar-refractivity contribution in [2.45, 2.75) is 52.1 Å². The first kappa shape index (κ1) is 11.3. The van der Waals surface area contributed by atoms with Gasteiger partial charge in [0.25, 0.3) is 0 Å². The standard InChI is InChI=1S/C12H22N2S/c1-8(2)11-7-15-12(14-11)13-9(3)6-10-4-5-10/h8-11H,4-7H2,1-3H3,(H,13,14). The van der Waals surface area contributed by atoms with Crippen molar-refractivity contribution in [2.75, 3.05) is 5.75 Å². The highest BCUT2D eigenvalue weighted by Crippen LogP contribution is 2.33. The Kier molecular flexibility index (Phi) is 3.60. The van der Waals surface area contributed by atoms with Crippen molar-refractivity contribution in [3.63, 3.8) is 0 Å². The van der Waals surface area contributed by atoms with Crippen LogP contribution in [0, 0.1) is 11.8 Å². The monoisotopic (exact) mass is 226 g/mol. The Morgan fingerprint density at radius 1 is 1.40 bits per heavy atom. The van der Waals surface area contributed by atoms with Gasteiger partial charge in [-0.05, 0) is 25.2 Å². The Labute approximate surface area is 97.3 Å². The molecule has 3 heteroatoms. The van der Waals surface area contributed by atoms with Crippen molar-refractivity contribution in [3.8, 4) is 0 Å². The van der Waals surface area contributed by atoms with E-state index < -0.39 is 0 Å². The minimum absolute atomic E-state index is 0.533. The van der Waals surface area contributed by atoms with E-state index in [9.17, 15) is 0 Å². The molecule has 1 aliphatic heterocycles. The van der Waals surface area contributed by atoms with Crippen molar-refractivity contribution in [2.24, 2.45) is 16.8 Å². The first-order valence-corrected chi connectivity index (χ1v) is 7.11. The van der Waals surface area contributed by atoms with Crippen LogP contribution in [0.15, 0.2) is 4.99 Å². The highest BCUT2D eigenvalue weighted by molar-refractivity contribution is 8.14. The van der Waals surface area contributed by atoms with Crippen LogP contribution in [0.5, 0.6) is 0 Å². The lowest BCUT2D eigenvalue weighted by Crippen LogP contribution is -2.30. The zero-order valence-corrected chi connectivity index (χ0v) is 10.8. The fourth-order valence-corrected chi connectivity index (χ4v) is 3.22. The molecule has 1 N–H and O–H groups in total. The van der Waals surface area contributed by atoms with Gasteiger partial charge < -0.3 is 5.32 Å². The number of nitrogens with zero attached hydrogens (tertiary/aromatic N) is 1. The maximum absolute atomic E-state index is 4.72. The Morgan fingerprint density at radius 3 is 2.67 bits per heavy atom. The van der Waals surface area contributed by atoms with Gasteiger partial charge in [-0.3, -0.25) is 4.99 Å². The minimum atomic E-state index is 0.533. The summed E-state index contributed by atoms with van der Waals surface area (Å²) < 4.78 is 0. The zero-order chi connectivity index (χ0) is 10.8. The molecule has 2 unspecified atom stereocenters. The maximum Gasteiger partial charge on any atom is 0.157 e. The average molecular weight is 226 g/mol. The first-order valence-electron chi connectivity index (χ1n) is 6.12. The maximum atomic E-state index is 4.72. The molecule has 0 radical (unpaired) electrons. The zero-order valence-electron chi connectivity index (χ0n) is 9.99. The van der Waals surface area contributed by atoms with Gasteiger partial charge in [0.2, 0.25) is 0 Å². The van der Waals surface area contributed by atoms with Crippen LogP contribution in [-0.4, -0.2) is 23.0 Å². The number of nitrogens with one attached hydrogen (secondary N) is 1. The predicted octanol–water partition coefficient (Wildman–Crippen LogP) is 2.89. The fraction of sp³-hybridized carbons (Fsp3) is 0.917. The molecule has 0 amide bonds. The summed E-state index contributed by atoms with van der Waals surface area (Å²) in [5.74, 6) is 2.84. The van der Waals surface area contributed by atoms with E-state index in [1.165, 1.54) is 24.4 Å². The first-order chi connectivity index (χ1) is 7.15. The highest BCUT2D eigenvalue weighted by Gasteiger charge is 2.26. The molecule has 1 saturated carbocycles. The predicted molar refractivity (Wildman–Crippen MR) is 68.5 cm³/mol. The second kappa shape index (κ2) is 4.77. The summed E-state index contributed by atoms with van der Waals surface area (Å²) in [5.41, 5.74) is 0. The molecular formula is C12H22N2S. The van der Waals surface area contributed by atoms with Crippen molar-refractivity contribution in [1.29, 1.82) is 0 Å². The quantitative estimate of drug-likeness (QED) is 0.797. The van der Waals surface area contributed by atoms with Gasteiger partial charge in [-0.2, -0.15) is 0 Å². The van der Waals surface area contributed by atoms with Crippen molar-refractivity contribution in [1.82, 2.24) is 5.32 Å². The molecule has 0 saturated heterocycles. The highest BCUT2D eigenvalue weighted by atomic mass is 32.2. The van der Waals surface area contributed by atoms with E-state index in [0.29, 0.717) is 18.0 Å². The smallest absolute Gasteiger partial charge is 0.157 e. The summed E-state index contributed by atoms with van der Waals surface area (Å²) >= 11 is 1.89. The largest absolute Gasteiger partial charge is 0.362 e. The second-order valence-corrected chi connectivity index (χ2v) is 6.29. The normalized spacial score (nSPS) is 28.0. The van der Waals surface area contributed by atoms with E-state index >= 15 is 0 Å². The summed E-state index contributed by atoms with van der Waals surface area (Å²) in [4.78, 5) is 4.72. The van der Waals surface area contributed by atoms with Crippen LogP contribution in [-0.2, 0) is 0 Å². The van der Waals surface area contributed by atoms with E-state index in [0.717, 1.165) is 11.7 Å². The molecule has 0 bridgehead atoms. The number of thioether (sulfide) groups is 1. The summed E-state index contributed by atoms with van der Waals surface area (Å²) in [6, 6.07) is 1.14. The van der Waals surface area contributed by atoms with E-state index in [2.05, 4.69) is 26.1 Å². The molecule has 86 valence electrons. The van der Waals surface area contributed by atoms with Crippen LogP contribution < -0.4 is 5.32 Å². The summed E-state index contributed by atoms with van der Waals surface area (Å²) in [7, 11) is 0. The number of hydrogen-bond donors (Lipinski definition) is 1. The molecule has 1 fully saturated rings. The Morgan fingerprint density at radius 2 is 2.13 bits per heavy atom. The van der Waals surface area contributed by atoms with Crippen molar-refractivity contribution < 1.29 is 0 Å². The van der Waals surface area contributed by atoms with Gasteiger partial charge in [0.1, 0.15) is 0 Å². The Bertz CT molecular complexity index is 246. The van der Waals surface area contributed by atoms with E-state index in [1.54, 1.807) is 0 Å². The summed E-state index contributed by atoms with van der Waals surface area (Å²) in [6.45, 7) is 6.79. The Balaban J connectivity index is 1.76. The lowest BCUT2D eigenvalue weighted by atomic mass is 10.1. The van der Waals surface area contributed by atoms with Gasteiger partial charge in [-0.15, -0.1) is 0 Å². The molecule has 0 spiro atoms. The number of amidine groups is 1. The molecule has 2 atom stereocenters. The molecule has 15 heavy (non-hydrogen) atoms. The van der Waals surface area contributed by atoms with Gasteiger partial charge in [-0.1, -0.05) is 38.5 Å². The third-order valence-corrected chi connectivity index (χ3v) is 4.20. The van der Waals surface area contributed by atoms with Crippen LogP contribution in [0.1, 0.15) is 40.0 Å². The molecule has 2 nitrogen and oxygen atoms in total. The molecule has 0 aromatic carbocycles. The van der Waals surface area contributed by atoms with Gasteiger partial charge in [0, 0.05) is 11.8 Å². The summed E-state index contributed by atoms with van der Waals surface area (Å²) in [5, 5.41) is 4.73. The third kappa shape index (κ3) is 3.40. The van der Waals surface area contributed by atoms with Crippen molar-refractivity contribution in [3.05, 3.63) is 0 Å². The molecule has 1 aliphatic carbocycles. The van der Waals surface area contributed by atoms with Gasteiger partial charge in [-0.25, -0.2) is 0 Å². The van der Waals surface area contributed by atoms with Crippen LogP contribution in [0.3, 0.4) is 0 Å². The van der Waals surface area contributed by atoms with Crippen LogP contribution in [0.25, 0.3) is 0 Å². The molecule has 1 heterocycles. The minimum Gasteiger partial charge on any atom is -0.362 e. The van der Waals surface area contributed by atoms with Crippen molar-refractivity contribution >= 4 is 16.9 Å². The number of rotatable bonds is 4. The van der Waals surface area contributed by atoms with Crippen LogP contribution in [0.4, 0.5) is 0 Å². The van der Waals surface area contributed by atoms with E-state index in [-0.39, 0.29) is 0 Å². The van der Waals surface area contributed by atoms with E-state index in [4.69, 9.17) is 4.99 Å². The molecule has 0 aromatic heterocycles. The lowest BCUT2D eigenvalue weighted by molar-refractivity contribution is 0.535. The summed E-state index contributed by atoms with van der Waals surface area (Å²) in [6.07, 6.45) is 4.21. The SMILES string of the molecule is CC(CC1CC1)NC1=NC(C(C)C)CS1. The average Bonchev–Trinajstić information content (AvgIpc) is 2.82. The second-order valence-electron chi connectivity index (χ2n) is 5.28. The van der Waals surface area contributed by atoms with Gasteiger partial charge >= 0.3 is 0 Å². The lowest BCUT2D eigenvalue weighted by Gasteiger charge is -2.13. The van der Waals surface area contributed by atoms with Crippen LogP contribution in [0.2, 0.25) is 0 Å². The van der Waals surface area contributed by atoms with Gasteiger partial charge in [0.05, 0.1) is 6.04 Å².